The molecule has 22 heavy (non-hydrogen) atoms. The fourth-order valence-electron chi connectivity index (χ4n) is 1.83. The number of benzene rings is 1. The molecular formula is C15H25N3O3S. The Morgan fingerprint density at radius 2 is 1.73 bits per heavy atom. The summed E-state index contributed by atoms with van der Waals surface area (Å²) in [5.74, 6) is -0.00194. The fourth-order valence-corrected chi connectivity index (χ4v) is 2.35. The topological polar surface area (TPSA) is 101 Å². The number of carbonyl (C=O) groups is 1. The van der Waals surface area contributed by atoms with Crippen molar-refractivity contribution in [2.45, 2.75) is 44.0 Å². The van der Waals surface area contributed by atoms with Crippen LogP contribution in [-0.4, -0.2) is 33.0 Å². The molecule has 0 bridgehead atoms. The van der Waals surface area contributed by atoms with Gasteiger partial charge in [0.05, 0.1) is 4.90 Å². The molecule has 1 amide bonds. The molecule has 1 aromatic carbocycles. The minimum atomic E-state index is -3.65. The minimum Gasteiger partial charge on any atom is -0.356 e. The van der Waals surface area contributed by atoms with Crippen molar-refractivity contribution in [1.29, 1.82) is 0 Å². The summed E-state index contributed by atoms with van der Waals surface area (Å²) in [6.45, 7) is 7.31. The Labute approximate surface area is 132 Å². The highest BCUT2D eigenvalue weighted by Crippen LogP contribution is 2.08. The first-order chi connectivity index (χ1) is 10.1. The van der Waals surface area contributed by atoms with Gasteiger partial charge in [-0.15, -0.1) is 0 Å². The molecule has 0 radical (unpaired) electrons. The zero-order valence-corrected chi connectivity index (χ0v) is 14.2. The van der Waals surface area contributed by atoms with Crippen LogP contribution in [0.25, 0.3) is 0 Å². The van der Waals surface area contributed by atoms with Gasteiger partial charge in [0, 0.05) is 25.0 Å². The highest BCUT2D eigenvalue weighted by molar-refractivity contribution is 7.89. The Morgan fingerprint density at radius 1 is 1.14 bits per heavy atom. The van der Waals surface area contributed by atoms with Crippen molar-refractivity contribution in [1.82, 2.24) is 10.6 Å². The average molecular weight is 327 g/mol. The van der Waals surface area contributed by atoms with E-state index in [9.17, 15) is 13.2 Å². The number of nitrogens with one attached hydrogen (secondary N) is 2. The zero-order chi connectivity index (χ0) is 16.8. The standard InChI is InChI=1S/C15H25N3O3S/c1-15(2,3)18-11-9-14(19)17-10-8-12-4-6-13(7-5-12)22(16,20)21/h4-7,18H,8-11H2,1-3H3,(H,17,19)(H2,16,20,21). The summed E-state index contributed by atoms with van der Waals surface area (Å²) < 4.78 is 22.3. The van der Waals surface area contributed by atoms with Crippen LogP contribution in [-0.2, 0) is 21.2 Å². The molecule has 0 atom stereocenters. The lowest BCUT2D eigenvalue weighted by Crippen LogP contribution is -2.38. The number of nitrogens with two attached hydrogens (primary N) is 1. The maximum absolute atomic E-state index is 11.7. The zero-order valence-electron chi connectivity index (χ0n) is 13.3. The molecule has 0 saturated carbocycles. The monoisotopic (exact) mass is 327 g/mol. The number of sulfonamides is 1. The van der Waals surface area contributed by atoms with E-state index in [0.29, 0.717) is 25.9 Å². The molecular weight excluding hydrogens is 302 g/mol. The van der Waals surface area contributed by atoms with Crippen molar-refractivity contribution in [2.24, 2.45) is 5.14 Å². The third-order valence-corrected chi connectivity index (χ3v) is 3.92. The number of amides is 1. The SMILES string of the molecule is CC(C)(C)NCCC(=O)NCCc1ccc(S(N)(=O)=O)cc1. The molecule has 0 heterocycles. The third-order valence-electron chi connectivity index (χ3n) is 3.00. The Balaban J connectivity index is 2.31. The van der Waals surface area contributed by atoms with Crippen molar-refractivity contribution in [2.75, 3.05) is 13.1 Å². The second-order valence-electron chi connectivity index (χ2n) is 6.22. The average Bonchev–Trinajstić information content (AvgIpc) is 2.36. The van der Waals surface area contributed by atoms with Crippen LogP contribution in [0.3, 0.4) is 0 Å². The molecule has 6 nitrogen and oxygen atoms in total. The van der Waals surface area contributed by atoms with Crippen molar-refractivity contribution in [3.8, 4) is 0 Å². The molecule has 4 N–H and O–H groups in total. The highest BCUT2D eigenvalue weighted by atomic mass is 32.2. The predicted octanol–water partition coefficient (Wildman–Crippen LogP) is 0.771. The lowest BCUT2D eigenvalue weighted by molar-refractivity contribution is -0.121. The first kappa shape index (κ1) is 18.6. The summed E-state index contributed by atoms with van der Waals surface area (Å²) in [5, 5.41) is 11.1. The van der Waals surface area contributed by atoms with Gasteiger partial charge in [0.15, 0.2) is 0 Å². The summed E-state index contributed by atoms with van der Waals surface area (Å²) in [6.07, 6.45) is 1.07. The van der Waals surface area contributed by atoms with Gasteiger partial charge in [-0.05, 0) is 44.9 Å². The lowest BCUT2D eigenvalue weighted by atomic mass is 10.1. The van der Waals surface area contributed by atoms with Crippen molar-refractivity contribution >= 4 is 15.9 Å². The van der Waals surface area contributed by atoms with Gasteiger partial charge in [0.25, 0.3) is 0 Å². The second kappa shape index (κ2) is 7.71. The van der Waals surface area contributed by atoms with Crippen LogP contribution >= 0.6 is 0 Å². The van der Waals surface area contributed by atoms with Crippen LogP contribution in [0.1, 0.15) is 32.8 Å². The first-order valence-corrected chi connectivity index (χ1v) is 8.76. The normalized spacial score (nSPS) is 12.2. The Bertz CT molecular complexity index is 589. The Hall–Kier alpha value is -1.44. The summed E-state index contributed by atoms with van der Waals surface area (Å²) in [6, 6.07) is 6.35. The quantitative estimate of drug-likeness (QED) is 0.688. The van der Waals surface area contributed by atoms with Gasteiger partial charge >= 0.3 is 0 Å². The van der Waals surface area contributed by atoms with E-state index in [4.69, 9.17) is 5.14 Å². The molecule has 1 aromatic rings. The van der Waals surface area contributed by atoms with Crippen LogP contribution in [0.2, 0.25) is 0 Å². The predicted molar refractivity (Wildman–Crippen MR) is 86.9 cm³/mol. The van der Waals surface area contributed by atoms with E-state index in [1.807, 2.05) is 0 Å². The third kappa shape index (κ3) is 7.53. The second-order valence-corrected chi connectivity index (χ2v) is 7.78. The molecule has 0 unspecified atom stereocenters. The number of primary sulfonamides is 1. The van der Waals surface area contributed by atoms with Crippen LogP contribution < -0.4 is 15.8 Å². The van der Waals surface area contributed by atoms with Gasteiger partial charge in [-0.3, -0.25) is 4.79 Å². The first-order valence-electron chi connectivity index (χ1n) is 7.21. The van der Waals surface area contributed by atoms with Gasteiger partial charge in [-0.25, -0.2) is 13.6 Å². The molecule has 124 valence electrons. The van der Waals surface area contributed by atoms with E-state index in [-0.39, 0.29) is 16.3 Å². The minimum absolute atomic E-state index is 0.00194. The summed E-state index contributed by atoms with van der Waals surface area (Å²) in [5.41, 5.74) is 0.950. The van der Waals surface area contributed by atoms with E-state index in [0.717, 1.165) is 5.56 Å². The maximum atomic E-state index is 11.7. The fraction of sp³-hybridized carbons (Fsp3) is 0.533. The molecule has 0 aliphatic carbocycles. The summed E-state index contributed by atoms with van der Waals surface area (Å²) >= 11 is 0. The van der Waals surface area contributed by atoms with Crippen LogP contribution in [0, 0.1) is 0 Å². The van der Waals surface area contributed by atoms with Gasteiger partial charge < -0.3 is 10.6 Å². The number of hydrogen-bond acceptors (Lipinski definition) is 4. The van der Waals surface area contributed by atoms with Gasteiger partial charge in [-0.1, -0.05) is 12.1 Å². The number of rotatable bonds is 7. The van der Waals surface area contributed by atoms with Gasteiger partial charge in [-0.2, -0.15) is 0 Å². The molecule has 0 fully saturated rings. The summed E-state index contributed by atoms with van der Waals surface area (Å²) in [4.78, 5) is 11.7. The van der Waals surface area contributed by atoms with E-state index in [2.05, 4.69) is 31.4 Å². The van der Waals surface area contributed by atoms with Crippen LogP contribution in [0.5, 0.6) is 0 Å². The molecule has 0 spiro atoms. The smallest absolute Gasteiger partial charge is 0.238 e. The molecule has 0 aliphatic rings. The molecule has 7 heteroatoms. The van der Waals surface area contributed by atoms with Crippen LogP contribution in [0.4, 0.5) is 0 Å². The molecule has 0 saturated heterocycles. The van der Waals surface area contributed by atoms with E-state index >= 15 is 0 Å². The largest absolute Gasteiger partial charge is 0.356 e. The van der Waals surface area contributed by atoms with Gasteiger partial charge in [0.2, 0.25) is 15.9 Å². The Morgan fingerprint density at radius 3 is 2.23 bits per heavy atom. The van der Waals surface area contributed by atoms with E-state index < -0.39 is 10.0 Å². The van der Waals surface area contributed by atoms with Crippen molar-refractivity contribution in [3.05, 3.63) is 29.8 Å². The number of hydrogen-bond donors (Lipinski definition) is 3. The van der Waals surface area contributed by atoms with Crippen LogP contribution in [0.15, 0.2) is 29.2 Å². The van der Waals surface area contributed by atoms with Crippen molar-refractivity contribution < 1.29 is 13.2 Å². The van der Waals surface area contributed by atoms with Gasteiger partial charge in [0.1, 0.15) is 0 Å². The van der Waals surface area contributed by atoms with E-state index in [1.165, 1.54) is 12.1 Å². The van der Waals surface area contributed by atoms with Crippen molar-refractivity contribution in [3.63, 3.8) is 0 Å². The molecule has 0 aromatic heterocycles. The summed E-state index contributed by atoms with van der Waals surface area (Å²) in [7, 11) is -3.65. The number of carbonyl (C=O) groups excluding carboxylic acids is 1. The maximum Gasteiger partial charge on any atom is 0.238 e. The van der Waals surface area contributed by atoms with E-state index in [1.54, 1.807) is 12.1 Å². The molecule has 1 rings (SSSR count). The highest BCUT2D eigenvalue weighted by Gasteiger charge is 2.09. The lowest BCUT2D eigenvalue weighted by Gasteiger charge is -2.20. The molecule has 0 aliphatic heterocycles. The Kier molecular flexibility index (Phi) is 6.52.